The molecule has 18 heavy (non-hydrogen) atoms. The number of halogens is 1. The third-order valence-corrected chi connectivity index (χ3v) is 3.46. The number of hydrogen-bond donors (Lipinski definition) is 2. The number of carboxylic acids is 1. The molecule has 2 N–H and O–H groups in total. The Bertz CT molecular complexity index is 580. The number of aryl methyl sites for hydroxylation is 1. The SMILES string of the molecule is Cc1ccc(CNc2ccc(F)cc2C(=O)O)s1. The van der Waals surface area contributed by atoms with E-state index in [0.29, 0.717) is 12.2 Å². The average Bonchev–Trinajstić information content (AvgIpc) is 2.73. The van der Waals surface area contributed by atoms with E-state index in [-0.39, 0.29) is 5.56 Å². The van der Waals surface area contributed by atoms with Gasteiger partial charge < -0.3 is 10.4 Å². The van der Waals surface area contributed by atoms with Gasteiger partial charge in [-0.05, 0) is 37.3 Å². The van der Waals surface area contributed by atoms with E-state index in [0.717, 1.165) is 10.9 Å². The second kappa shape index (κ2) is 5.18. The molecular formula is C13H12FNO2S. The Morgan fingerprint density at radius 2 is 2.17 bits per heavy atom. The predicted octanol–water partition coefficient (Wildman–Crippen LogP) is 3.51. The van der Waals surface area contributed by atoms with E-state index < -0.39 is 11.8 Å². The number of nitrogens with one attached hydrogen (secondary N) is 1. The largest absolute Gasteiger partial charge is 0.478 e. The highest BCUT2D eigenvalue weighted by atomic mass is 32.1. The van der Waals surface area contributed by atoms with E-state index in [9.17, 15) is 9.18 Å². The van der Waals surface area contributed by atoms with Gasteiger partial charge in [0.15, 0.2) is 0 Å². The highest BCUT2D eigenvalue weighted by molar-refractivity contribution is 7.11. The molecule has 2 rings (SSSR count). The van der Waals surface area contributed by atoms with Gasteiger partial charge in [0.05, 0.1) is 5.56 Å². The molecule has 0 bridgehead atoms. The van der Waals surface area contributed by atoms with E-state index in [1.165, 1.54) is 17.0 Å². The summed E-state index contributed by atoms with van der Waals surface area (Å²) in [7, 11) is 0. The Kier molecular flexibility index (Phi) is 3.62. The van der Waals surface area contributed by atoms with Gasteiger partial charge >= 0.3 is 5.97 Å². The van der Waals surface area contributed by atoms with Crippen molar-refractivity contribution in [2.24, 2.45) is 0 Å². The molecular weight excluding hydrogens is 253 g/mol. The van der Waals surface area contributed by atoms with Crippen molar-refractivity contribution in [3.05, 3.63) is 51.5 Å². The molecule has 0 atom stereocenters. The van der Waals surface area contributed by atoms with E-state index in [4.69, 9.17) is 5.11 Å². The van der Waals surface area contributed by atoms with Crippen molar-refractivity contribution in [1.29, 1.82) is 0 Å². The highest BCUT2D eigenvalue weighted by Crippen LogP contribution is 2.20. The highest BCUT2D eigenvalue weighted by Gasteiger charge is 2.11. The van der Waals surface area contributed by atoms with Crippen molar-refractivity contribution in [3.8, 4) is 0 Å². The minimum absolute atomic E-state index is 0.0525. The van der Waals surface area contributed by atoms with Gasteiger partial charge in [0, 0.05) is 22.0 Å². The fraction of sp³-hybridized carbons (Fsp3) is 0.154. The number of hydrogen-bond acceptors (Lipinski definition) is 3. The lowest BCUT2D eigenvalue weighted by Gasteiger charge is -2.08. The molecule has 0 saturated heterocycles. The van der Waals surface area contributed by atoms with Gasteiger partial charge in [-0.15, -0.1) is 11.3 Å². The minimum Gasteiger partial charge on any atom is -0.478 e. The molecule has 0 aliphatic heterocycles. The number of benzene rings is 1. The van der Waals surface area contributed by atoms with Gasteiger partial charge in [0.1, 0.15) is 5.82 Å². The van der Waals surface area contributed by atoms with Crippen LogP contribution in [0.15, 0.2) is 30.3 Å². The molecule has 0 radical (unpaired) electrons. The lowest BCUT2D eigenvalue weighted by molar-refractivity contribution is 0.0697. The second-order valence-corrected chi connectivity index (χ2v) is 5.23. The maximum atomic E-state index is 13.0. The van der Waals surface area contributed by atoms with Crippen LogP contribution in [-0.4, -0.2) is 11.1 Å². The molecule has 0 saturated carbocycles. The molecule has 1 heterocycles. The summed E-state index contributed by atoms with van der Waals surface area (Å²) in [5.74, 6) is -1.69. The Morgan fingerprint density at radius 3 is 2.78 bits per heavy atom. The monoisotopic (exact) mass is 265 g/mol. The van der Waals surface area contributed by atoms with Crippen LogP contribution in [0.2, 0.25) is 0 Å². The maximum Gasteiger partial charge on any atom is 0.337 e. The standard InChI is InChI=1S/C13H12FNO2S/c1-8-2-4-10(18-8)7-15-12-5-3-9(14)6-11(12)13(16)17/h2-6,15H,7H2,1H3,(H,16,17). The van der Waals surface area contributed by atoms with Gasteiger partial charge in [-0.1, -0.05) is 0 Å². The fourth-order valence-electron chi connectivity index (χ4n) is 1.61. The van der Waals surface area contributed by atoms with E-state index in [2.05, 4.69) is 5.32 Å². The topological polar surface area (TPSA) is 49.3 Å². The van der Waals surface area contributed by atoms with Crippen LogP contribution < -0.4 is 5.32 Å². The zero-order valence-corrected chi connectivity index (χ0v) is 10.6. The van der Waals surface area contributed by atoms with Crippen molar-refractivity contribution in [1.82, 2.24) is 0 Å². The van der Waals surface area contributed by atoms with Crippen molar-refractivity contribution in [2.75, 3.05) is 5.32 Å². The summed E-state index contributed by atoms with van der Waals surface area (Å²) < 4.78 is 13.0. The van der Waals surface area contributed by atoms with Crippen LogP contribution in [0, 0.1) is 12.7 Å². The number of carbonyl (C=O) groups is 1. The summed E-state index contributed by atoms with van der Waals surface area (Å²) in [5, 5.41) is 12.0. The number of thiophene rings is 1. The van der Waals surface area contributed by atoms with Crippen LogP contribution in [0.3, 0.4) is 0 Å². The summed E-state index contributed by atoms with van der Waals surface area (Å²) in [4.78, 5) is 13.3. The quantitative estimate of drug-likeness (QED) is 0.889. The van der Waals surface area contributed by atoms with Crippen molar-refractivity contribution in [3.63, 3.8) is 0 Å². The molecule has 94 valence electrons. The Morgan fingerprint density at radius 1 is 1.39 bits per heavy atom. The summed E-state index contributed by atoms with van der Waals surface area (Å²) in [5.41, 5.74) is 0.373. The number of anilines is 1. The summed E-state index contributed by atoms with van der Waals surface area (Å²) in [6.45, 7) is 2.54. The van der Waals surface area contributed by atoms with E-state index in [1.807, 2.05) is 19.1 Å². The Hall–Kier alpha value is -1.88. The van der Waals surface area contributed by atoms with Gasteiger partial charge in [-0.3, -0.25) is 0 Å². The molecule has 2 aromatic rings. The average molecular weight is 265 g/mol. The molecule has 1 aromatic heterocycles. The molecule has 0 spiro atoms. The van der Waals surface area contributed by atoms with Gasteiger partial charge in [-0.25, -0.2) is 9.18 Å². The fourth-order valence-corrected chi connectivity index (χ4v) is 2.44. The predicted molar refractivity (Wildman–Crippen MR) is 69.7 cm³/mol. The molecule has 0 aliphatic rings. The van der Waals surface area contributed by atoms with Crippen LogP contribution in [0.25, 0.3) is 0 Å². The number of carboxylic acid groups (broad SMARTS) is 1. The van der Waals surface area contributed by atoms with Crippen molar-refractivity contribution in [2.45, 2.75) is 13.5 Å². The first-order valence-electron chi connectivity index (χ1n) is 5.38. The van der Waals surface area contributed by atoms with E-state index >= 15 is 0 Å². The van der Waals surface area contributed by atoms with Gasteiger partial charge in [-0.2, -0.15) is 0 Å². The summed E-state index contributed by atoms with van der Waals surface area (Å²) in [6, 6.07) is 7.69. The van der Waals surface area contributed by atoms with Crippen molar-refractivity contribution >= 4 is 23.0 Å². The first-order valence-corrected chi connectivity index (χ1v) is 6.20. The lowest BCUT2D eigenvalue weighted by atomic mass is 10.1. The molecule has 5 heteroatoms. The molecule has 0 fully saturated rings. The number of aromatic carboxylic acids is 1. The van der Waals surface area contributed by atoms with Crippen molar-refractivity contribution < 1.29 is 14.3 Å². The molecule has 3 nitrogen and oxygen atoms in total. The zero-order valence-electron chi connectivity index (χ0n) is 9.74. The molecule has 0 unspecified atom stereocenters. The Balaban J connectivity index is 2.16. The van der Waals surface area contributed by atoms with Crippen LogP contribution in [0.1, 0.15) is 20.1 Å². The third kappa shape index (κ3) is 2.87. The maximum absolute atomic E-state index is 13.0. The molecule has 0 aliphatic carbocycles. The first-order chi connectivity index (χ1) is 8.56. The molecule has 1 aromatic carbocycles. The van der Waals surface area contributed by atoms with E-state index in [1.54, 1.807) is 11.3 Å². The van der Waals surface area contributed by atoms with Gasteiger partial charge in [0.2, 0.25) is 0 Å². The third-order valence-electron chi connectivity index (χ3n) is 2.46. The first kappa shape index (κ1) is 12.6. The normalized spacial score (nSPS) is 10.3. The van der Waals surface area contributed by atoms with Crippen LogP contribution in [-0.2, 0) is 6.54 Å². The minimum atomic E-state index is -1.14. The van der Waals surface area contributed by atoms with Gasteiger partial charge in [0.25, 0.3) is 0 Å². The summed E-state index contributed by atoms with van der Waals surface area (Å²) in [6.07, 6.45) is 0. The second-order valence-electron chi connectivity index (χ2n) is 3.86. The van der Waals surface area contributed by atoms with Crippen LogP contribution >= 0.6 is 11.3 Å². The number of rotatable bonds is 4. The smallest absolute Gasteiger partial charge is 0.337 e. The Labute approximate surface area is 108 Å². The zero-order chi connectivity index (χ0) is 13.1. The van der Waals surface area contributed by atoms with Crippen LogP contribution in [0.4, 0.5) is 10.1 Å². The summed E-state index contributed by atoms with van der Waals surface area (Å²) >= 11 is 1.64. The van der Waals surface area contributed by atoms with Crippen LogP contribution in [0.5, 0.6) is 0 Å². The lowest BCUT2D eigenvalue weighted by Crippen LogP contribution is -2.06. The molecule has 0 amide bonds.